The quantitative estimate of drug-likeness (QED) is 0.399. The first-order valence-electron chi connectivity index (χ1n) is 11.6. The number of aromatic nitrogens is 1. The van der Waals surface area contributed by atoms with E-state index in [4.69, 9.17) is 4.74 Å². The summed E-state index contributed by atoms with van der Waals surface area (Å²) in [6.45, 7) is 0.909. The third-order valence-corrected chi connectivity index (χ3v) is 7.62. The number of nitrogens with zero attached hydrogens (tertiary/aromatic N) is 2. The molecular formula is C27H28F2N2O3S. The summed E-state index contributed by atoms with van der Waals surface area (Å²) in [5.74, 6) is 5.90. The van der Waals surface area contributed by atoms with E-state index in [1.807, 2.05) is 17.5 Å². The number of aliphatic carboxylic acids is 1. The van der Waals surface area contributed by atoms with Crippen LogP contribution in [0.15, 0.2) is 41.9 Å². The number of likely N-dealkylation sites (tertiary alicyclic amines) is 1. The first-order valence-corrected chi connectivity index (χ1v) is 12.5. The third kappa shape index (κ3) is 5.63. The number of carboxylic acids is 1. The molecule has 1 aromatic carbocycles. The van der Waals surface area contributed by atoms with Gasteiger partial charge in [0.25, 0.3) is 0 Å². The molecule has 1 N–H and O–H groups in total. The average Bonchev–Trinajstić information content (AvgIpc) is 3.40. The molecule has 0 aliphatic carbocycles. The van der Waals surface area contributed by atoms with Crippen LogP contribution in [0.2, 0.25) is 0 Å². The number of fused-ring (bicyclic) bond motifs is 1. The standard InChI is InChI=1S/C27H28F2N2O3S/c1-34-20-6-7-24-22(16-20)25(19(17-28)18-30-24)23(29)8-9-27(26(32)33)10-13-31(14-11-27)12-2-4-21-5-3-15-35-21/h3,5-7,15-16,18,23H,8-14,17H2,1H3,(H,32,33). The fourth-order valence-corrected chi connectivity index (χ4v) is 5.27. The number of ether oxygens (including phenoxy) is 1. The Hall–Kier alpha value is -3.02. The molecule has 8 heteroatoms. The zero-order chi connectivity index (χ0) is 24.8. The number of rotatable bonds is 8. The van der Waals surface area contributed by atoms with Crippen molar-refractivity contribution in [1.82, 2.24) is 9.88 Å². The molecule has 3 aromatic rings. The van der Waals surface area contributed by atoms with E-state index in [9.17, 15) is 14.3 Å². The lowest BCUT2D eigenvalue weighted by Crippen LogP contribution is -2.44. The monoisotopic (exact) mass is 498 g/mol. The van der Waals surface area contributed by atoms with Gasteiger partial charge in [-0.15, -0.1) is 11.3 Å². The maximum absolute atomic E-state index is 15.7. The van der Waals surface area contributed by atoms with Gasteiger partial charge < -0.3 is 9.84 Å². The molecule has 1 unspecified atom stereocenters. The summed E-state index contributed by atoms with van der Waals surface area (Å²) in [4.78, 5) is 19.6. The Morgan fingerprint density at radius 1 is 1.34 bits per heavy atom. The second kappa shape index (κ2) is 11.1. The van der Waals surface area contributed by atoms with Gasteiger partial charge in [-0.1, -0.05) is 17.9 Å². The molecule has 4 rings (SSSR count). The van der Waals surface area contributed by atoms with Gasteiger partial charge in [0.1, 0.15) is 18.6 Å². The van der Waals surface area contributed by atoms with Crippen molar-refractivity contribution in [3.8, 4) is 17.6 Å². The molecule has 0 amide bonds. The molecule has 35 heavy (non-hydrogen) atoms. The molecule has 1 fully saturated rings. The zero-order valence-corrected chi connectivity index (χ0v) is 20.4. The van der Waals surface area contributed by atoms with E-state index < -0.39 is 24.2 Å². The van der Waals surface area contributed by atoms with Crippen LogP contribution in [0.5, 0.6) is 5.75 Å². The second-order valence-electron chi connectivity index (χ2n) is 8.86. The SMILES string of the molecule is COc1ccc2ncc(CF)c(C(F)CCC3(C(=O)O)CCN(CC#Cc4cccs4)CC3)c2c1. The van der Waals surface area contributed by atoms with Crippen LogP contribution in [0.25, 0.3) is 10.9 Å². The Morgan fingerprint density at radius 3 is 2.80 bits per heavy atom. The van der Waals surface area contributed by atoms with Gasteiger partial charge >= 0.3 is 5.97 Å². The van der Waals surface area contributed by atoms with Crippen LogP contribution in [0.1, 0.15) is 47.9 Å². The van der Waals surface area contributed by atoms with E-state index in [1.54, 1.807) is 29.5 Å². The van der Waals surface area contributed by atoms with Crippen molar-refractivity contribution in [2.45, 2.75) is 38.5 Å². The predicted molar refractivity (Wildman–Crippen MR) is 133 cm³/mol. The molecule has 1 atom stereocenters. The Morgan fingerprint density at radius 2 is 2.14 bits per heavy atom. The minimum atomic E-state index is -1.51. The van der Waals surface area contributed by atoms with Gasteiger partial charge in [0, 0.05) is 35.8 Å². The molecule has 1 aliphatic rings. The second-order valence-corrected chi connectivity index (χ2v) is 9.81. The summed E-state index contributed by atoms with van der Waals surface area (Å²) >= 11 is 1.59. The lowest BCUT2D eigenvalue weighted by atomic mass is 9.74. The summed E-state index contributed by atoms with van der Waals surface area (Å²) in [5, 5.41) is 12.5. The Labute approximate surface area is 207 Å². The Bertz CT molecular complexity index is 1220. The van der Waals surface area contributed by atoms with Crippen molar-refractivity contribution in [1.29, 1.82) is 0 Å². The van der Waals surface area contributed by atoms with Crippen LogP contribution < -0.4 is 4.74 Å². The van der Waals surface area contributed by atoms with E-state index in [0.29, 0.717) is 49.1 Å². The van der Waals surface area contributed by atoms with Crippen molar-refractivity contribution < 1.29 is 23.4 Å². The number of piperidine rings is 1. The van der Waals surface area contributed by atoms with E-state index in [2.05, 4.69) is 21.7 Å². The van der Waals surface area contributed by atoms with E-state index in [-0.39, 0.29) is 24.0 Å². The number of benzene rings is 1. The molecular weight excluding hydrogens is 470 g/mol. The Kier molecular flexibility index (Phi) is 7.99. The molecule has 1 saturated heterocycles. The number of carboxylic acid groups (broad SMARTS) is 1. The van der Waals surface area contributed by atoms with Crippen molar-refractivity contribution in [3.63, 3.8) is 0 Å². The summed E-state index contributed by atoms with van der Waals surface area (Å²) in [5.41, 5.74) is -0.0381. The molecule has 1 aliphatic heterocycles. The smallest absolute Gasteiger partial charge is 0.309 e. The maximum atomic E-state index is 15.7. The minimum Gasteiger partial charge on any atom is -0.497 e. The normalized spacial score (nSPS) is 16.4. The summed E-state index contributed by atoms with van der Waals surface area (Å²) in [6.07, 6.45) is 0.877. The number of methoxy groups -OCH3 is 1. The fraction of sp³-hybridized carbons (Fsp3) is 0.407. The first kappa shape index (κ1) is 25.1. The van der Waals surface area contributed by atoms with Gasteiger partial charge in [0.05, 0.1) is 29.5 Å². The first-order chi connectivity index (χ1) is 17.0. The molecule has 0 radical (unpaired) electrons. The number of alkyl halides is 2. The predicted octanol–water partition coefficient (Wildman–Crippen LogP) is 5.78. The molecule has 2 aromatic heterocycles. The van der Waals surface area contributed by atoms with Crippen molar-refractivity contribution in [2.75, 3.05) is 26.7 Å². The number of hydrogen-bond acceptors (Lipinski definition) is 5. The van der Waals surface area contributed by atoms with Crippen LogP contribution in [-0.2, 0) is 11.5 Å². The van der Waals surface area contributed by atoms with Crippen LogP contribution in [-0.4, -0.2) is 47.7 Å². The highest BCUT2D eigenvalue weighted by atomic mass is 32.1. The number of carbonyl (C=O) groups is 1. The largest absolute Gasteiger partial charge is 0.497 e. The molecule has 184 valence electrons. The third-order valence-electron chi connectivity index (χ3n) is 6.84. The number of thiophene rings is 1. The van der Waals surface area contributed by atoms with E-state index in [1.165, 1.54) is 13.3 Å². The van der Waals surface area contributed by atoms with Gasteiger partial charge in [-0.3, -0.25) is 14.7 Å². The molecule has 3 heterocycles. The maximum Gasteiger partial charge on any atom is 0.309 e. The topological polar surface area (TPSA) is 62.7 Å². The van der Waals surface area contributed by atoms with E-state index in [0.717, 1.165) is 4.88 Å². The van der Waals surface area contributed by atoms with Gasteiger partial charge in [0.2, 0.25) is 0 Å². The van der Waals surface area contributed by atoms with Crippen molar-refractivity contribution in [2.24, 2.45) is 5.41 Å². The average molecular weight is 499 g/mol. The van der Waals surface area contributed by atoms with Crippen LogP contribution in [0.3, 0.4) is 0 Å². The van der Waals surface area contributed by atoms with Crippen LogP contribution >= 0.6 is 11.3 Å². The fourth-order valence-electron chi connectivity index (χ4n) is 4.68. The van der Waals surface area contributed by atoms with Crippen molar-refractivity contribution in [3.05, 3.63) is 57.9 Å². The van der Waals surface area contributed by atoms with Gasteiger partial charge in [-0.25, -0.2) is 8.78 Å². The van der Waals surface area contributed by atoms with Gasteiger partial charge in [0.15, 0.2) is 0 Å². The highest BCUT2D eigenvalue weighted by Gasteiger charge is 2.41. The van der Waals surface area contributed by atoms with Gasteiger partial charge in [-0.05, 0) is 55.3 Å². The summed E-state index contributed by atoms with van der Waals surface area (Å²) < 4.78 is 34.7. The number of pyridine rings is 1. The lowest BCUT2D eigenvalue weighted by molar-refractivity contribution is -0.152. The lowest BCUT2D eigenvalue weighted by Gasteiger charge is -2.38. The molecule has 5 nitrogen and oxygen atoms in total. The van der Waals surface area contributed by atoms with E-state index >= 15 is 4.39 Å². The van der Waals surface area contributed by atoms with Crippen molar-refractivity contribution >= 4 is 28.2 Å². The number of halogens is 2. The minimum absolute atomic E-state index is 0.00614. The molecule has 0 spiro atoms. The van der Waals surface area contributed by atoms with Crippen LogP contribution in [0, 0.1) is 17.3 Å². The highest BCUT2D eigenvalue weighted by Crippen LogP contribution is 2.41. The number of hydrogen-bond donors (Lipinski definition) is 1. The summed E-state index contributed by atoms with van der Waals surface area (Å²) in [7, 11) is 1.51. The van der Waals surface area contributed by atoms with Crippen LogP contribution in [0.4, 0.5) is 8.78 Å². The zero-order valence-electron chi connectivity index (χ0n) is 19.6. The molecule has 0 bridgehead atoms. The highest BCUT2D eigenvalue weighted by molar-refractivity contribution is 7.10. The van der Waals surface area contributed by atoms with Gasteiger partial charge in [-0.2, -0.15) is 0 Å². The Balaban J connectivity index is 1.46. The summed E-state index contributed by atoms with van der Waals surface area (Å²) in [6, 6.07) is 9.01. The molecule has 0 saturated carbocycles.